The lowest BCUT2D eigenvalue weighted by atomic mass is 10.4. The molecule has 0 unspecified atom stereocenters. The van der Waals surface area contributed by atoms with Crippen molar-refractivity contribution in [2.24, 2.45) is 0 Å². The van der Waals surface area contributed by atoms with E-state index in [1.807, 2.05) is 13.0 Å². The van der Waals surface area contributed by atoms with Crippen molar-refractivity contribution in [2.45, 2.75) is 38.9 Å². The van der Waals surface area contributed by atoms with Crippen molar-refractivity contribution in [1.29, 1.82) is 10.5 Å². The number of hydrogen-bond acceptors (Lipinski definition) is 2. The van der Waals surface area contributed by atoms with Gasteiger partial charge in [-0.05, 0) is 13.3 Å². The van der Waals surface area contributed by atoms with Gasteiger partial charge in [-0.1, -0.05) is 25.2 Å². The van der Waals surface area contributed by atoms with Crippen LogP contribution in [-0.2, 0) is 0 Å². The molecule has 13 heavy (non-hydrogen) atoms. The van der Waals surface area contributed by atoms with Crippen LogP contribution in [0.25, 0.3) is 0 Å². The molecule has 0 heterocycles. The van der Waals surface area contributed by atoms with Crippen LogP contribution in [0.1, 0.15) is 19.8 Å². The average molecular weight is 192 g/mol. The molecule has 3 heteroatoms. The molecule has 0 aliphatic heterocycles. The molecule has 0 aromatic heterocycles. The Morgan fingerprint density at radius 2 is 2.00 bits per heavy atom. The van der Waals surface area contributed by atoms with E-state index in [0.29, 0.717) is 6.42 Å². The predicted octanol–water partition coefficient (Wildman–Crippen LogP) is 3.01. The highest BCUT2D eigenvalue weighted by Crippen LogP contribution is 2.21. The van der Waals surface area contributed by atoms with Crippen LogP contribution < -0.4 is 0 Å². The van der Waals surface area contributed by atoms with Crippen LogP contribution in [0.5, 0.6) is 0 Å². The number of nitriles is 2. The molecule has 0 N–H and O–H groups in total. The van der Waals surface area contributed by atoms with Gasteiger partial charge < -0.3 is 0 Å². The topological polar surface area (TPSA) is 47.6 Å². The van der Waals surface area contributed by atoms with E-state index in [-0.39, 0.29) is 0 Å². The molecule has 70 valence electrons. The maximum Gasteiger partial charge on any atom is 0.0938 e. The molecule has 0 saturated heterocycles. The van der Waals surface area contributed by atoms with E-state index in [1.165, 1.54) is 0 Å². The first-order chi connectivity index (χ1) is 6.08. The van der Waals surface area contributed by atoms with Gasteiger partial charge in [0.1, 0.15) is 0 Å². The second-order valence-electron chi connectivity index (χ2n) is 3.71. The van der Waals surface area contributed by atoms with Crippen LogP contribution in [0, 0.1) is 22.7 Å². The van der Waals surface area contributed by atoms with Gasteiger partial charge in [0, 0.05) is 11.6 Å². The van der Waals surface area contributed by atoms with Gasteiger partial charge in [0.05, 0.1) is 20.2 Å². The number of rotatable bonds is 4. The first-order valence-electron chi connectivity index (χ1n) is 4.52. The predicted molar refractivity (Wildman–Crippen MR) is 56.5 cm³/mol. The van der Waals surface area contributed by atoms with Crippen molar-refractivity contribution < 1.29 is 0 Å². The summed E-state index contributed by atoms with van der Waals surface area (Å²) < 4.78 is 0. The molecule has 0 aliphatic rings. The van der Waals surface area contributed by atoms with Crippen molar-refractivity contribution in [3.05, 3.63) is 11.3 Å². The van der Waals surface area contributed by atoms with E-state index in [2.05, 4.69) is 25.2 Å². The highest BCUT2D eigenvalue weighted by molar-refractivity contribution is 6.85. The standard InChI is InChI=1S/C10H16N2Si/c1-4-10(9-12)13(2,3)8-6-5-7-11/h4H,5-6,8H2,1-3H3. The van der Waals surface area contributed by atoms with Crippen LogP contribution in [0.4, 0.5) is 0 Å². The van der Waals surface area contributed by atoms with Gasteiger partial charge in [0.25, 0.3) is 0 Å². The molecule has 0 spiro atoms. The molecule has 0 radical (unpaired) electrons. The summed E-state index contributed by atoms with van der Waals surface area (Å²) in [5.41, 5.74) is 0. The second kappa shape index (κ2) is 5.56. The van der Waals surface area contributed by atoms with E-state index in [1.54, 1.807) is 0 Å². The molecule has 0 rings (SSSR count). The van der Waals surface area contributed by atoms with Gasteiger partial charge in [0.2, 0.25) is 0 Å². The summed E-state index contributed by atoms with van der Waals surface area (Å²) in [5, 5.41) is 18.2. The summed E-state index contributed by atoms with van der Waals surface area (Å²) in [4.78, 5) is 0. The molecule has 2 nitrogen and oxygen atoms in total. The molecule has 0 fully saturated rings. The minimum absolute atomic E-state index is 0.610. The molecule has 0 aromatic carbocycles. The van der Waals surface area contributed by atoms with Gasteiger partial charge in [-0.3, -0.25) is 0 Å². The van der Waals surface area contributed by atoms with Crippen molar-refractivity contribution >= 4 is 8.07 Å². The highest BCUT2D eigenvalue weighted by atomic mass is 28.3. The van der Waals surface area contributed by atoms with Crippen molar-refractivity contribution in [1.82, 2.24) is 0 Å². The molecule has 0 saturated carbocycles. The maximum absolute atomic E-state index is 8.87. The zero-order valence-electron chi connectivity index (χ0n) is 8.59. The third-order valence-corrected chi connectivity index (χ3v) is 5.69. The van der Waals surface area contributed by atoms with E-state index in [9.17, 15) is 0 Å². The number of allylic oxidation sites excluding steroid dienone is 2. The lowest BCUT2D eigenvalue weighted by Crippen LogP contribution is -2.27. The van der Waals surface area contributed by atoms with E-state index >= 15 is 0 Å². The van der Waals surface area contributed by atoms with E-state index in [0.717, 1.165) is 17.7 Å². The maximum atomic E-state index is 8.87. The molecular weight excluding hydrogens is 176 g/mol. The van der Waals surface area contributed by atoms with Crippen LogP contribution >= 0.6 is 0 Å². The summed E-state index contributed by atoms with van der Waals surface area (Å²) in [6, 6.07) is 5.43. The Morgan fingerprint density at radius 1 is 1.38 bits per heavy atom. The molecule has 0 aromatic rings. The first-order valence-corrected chi connectivity index (χ1v) is 7.73. The summed E-state index contributed by atoms with van der Waals surface area (Å²) in [6.07, 6.45) is 3.45. The number of nitrogens with zero attached hydrogens (tertiary/aromatic N) is 2. The van der Waals surface area contributed by atoms with E-state index < -0.39 is 8.07 Å². The monoisotopic (exact) mass is 192 g/mol. The Kier molecular flexibility index (Phi) is 5.11. The second-order valence-corrected chi connectivity index (χ2v) is 8.52. The Hall–Kier alpha value is -1.06. The first kappa shape index (κ1) is 11.9. The van der Waals surface area contributed by atoms with Crippen LogP contribution in [0.2, 0.25) is 19.1 Å². The molecular formula is C10H16N2Si. The molecule has 0 atom stereocenters. The molecule has 0 aliphatic carbocycles. The largest absolute Gasteiger partial charge is 0.198 e. The van der Waals surface area contributed by atoms with Crippen LogP contribution in [-0.4, -0.2) is 8.07 Å². The third-order valence-electron chi connectivity index (χ3n) is 2.23. The van der Waals surface area contributed by atoms with Crippen molar-refractivity contribution in [3.8, 4) is 12.1 Å². The Labute approximate surface area is 81.5 Å². The van der Waals surface area contributed by atoms with Crippen LogP contribution in [0.3, 0.4) is 0 Å². The SMILES string of the molecule is CC=C(C#N)[Si](C)(C)CCCC#N. The Morgan fingerprint density at radius 3 is 2.38 bits per heavy atom. The summed E-state index contributed by atoms with van der Waals surface area (Å²) >= 11 is 0. The van der Waals surface area contributed by atoms with Gasteiger partial charge in [-0.2, -0.15) is 10.5 Å². The van der Waals surface area contributed by atoms with Crippen molar-refractivity contribution in [3.63, 3.8) is 0 Å². The average Bonchev–Trinajstić information content (AvgIpc) is 2.06. The quantitative estimate of drug-likeness (QED) is 0.390. The zero-order valence-corrected chi connectivity index (χ0v) is 9.59. The van der Waals surface area contributed by atoms with Gasteiger partial charge >= 0.3 is 0 Å². The molecule has 0 amide bonds. The minimum atomic E-state index is -1.52. The van der Waals surface area contributed by atoms with E-state index in [4.69, 9.17) is 10.5 Å². The Balaban J connectivity index is 4.25. The lowest BCUT2D eigenvalue weighted by Gasteiger charge is -2.20. The van der Waals surface area contributed by atoms with Crippen LogP contribution in [0.15, 0.2) is 11.3 Å². The Bertz CT molecular complexity index is 266. The number of unbranched alkanes of at least 4 members (excludes halogenated alkanes) is 1. The zero-order chi connectivity index (χ0) is 10.3. The van der Waals surface area contributed by atoms with Gasteiger partial charge in [0.15, 0.2) is 0 Å². The fourth-order valence-corrected chi connectivity index (χ4v) is 3.76. The highest BCUT2D eigenvalue weighted by Gasteiger charge is 2.24. The smallest absolute Gasteiger partial charge is 0.0938 e. The van der Waals surface area contributed by atoms with Gasteiger partial charge in [-0.15, -0.1) is 0 Å². The number of hydrogen-bond donors (Lipinski definition) is 0. The summed E-state index contributed by atoms with van der Waals surface area (Å²) in [6.45, 7) is 6.28. The minimum Gasteiger partial charge on any atom is -0.198 e. The normalized spacial score (nSPS) is 11.9. The fourth-order valence-electron chi connectivity index (χ4n) is 1.35. The summed E-state index contributed by atoms with van der Waals surface area (Å²) in [5.74, 6) is 0. The fraction of sp³-hybridized carbons (Fsp3) is 0.600. The van der Waals surface area contributed by atoms with Gasteiger partial charge in [-0.25, -0.2) is 0 Å². The summed E-state index contributed by atoms with van der Waals surface area (Å²) in [7, 11) is -1.52. The molecule has 0 bridgehead atoms. The lowest BCUT2D eigenvalue weighted by molar-refractivity contribution is 0.945. The third kappa shape index (κ3) is 3.92. The van der Waals surface area contributed by atoms with Crippen molar-refractivity contribution in [2.75, 3.05) is 0 Å².